The van der Waals surface area contributed by atoms with Crippen LogP contribution in [0, 0.1) is 11.3 Å². The molecule has 0 saturated heterocycles. The predicted octanol–water partition coefficient (Wildman–Crippen LogP) is 1.67. The maximum absolute atomic E-state index is 11.1. The summed E-state index contributed by atoms with van der Waals surface area (Å²) in [5.74, 6) is -0.000995. The second-order valence-electron chi connectivity index (χ2n) is 4.40. The Morgan fingerprint density at radius 2 is 2.08 bits per heavy atom. The number of methoxy groups -OCH3 is 1. The lowest BCUT2D eigenvalue weighted by Gasteiger charge is -2.47. The fourth-order valence-corrected chi connectivity index (χ4v) is 2.90. The molecule has 0 radical (unpaired) electrons. The van der Waals surface area contributed by atoms with Crippen molar-refractivity contribution in [2.75, 3.05) is 7.11 Å². The summed E-state index contributed by atoms with van der Waals surface area (Å²) < 4.78 is 5.34. The molecule has 3 fully saturated rings. The summed E-state index contributed by atoms with van der Waals surface area (Å²) >= 11 is 0. The Morgan fingerprint density at radius 1 is 1.46 bits per heavy atom. The third-order valence-corrected chi connectivity index (χ3v) is 3.86. The van der Waals surface area contributed by atoms with Crippen molar-refractivity contribution < 1.29 is 14.6 Å². The van der Waals surface area contributed by atoms with Gasteiger partial charge in [-0.15, -0.1) is 0 Å². The monoisotopic (exact) mass is 184 g/mol. The minimum atomic E-state index is -0.618. The molecule has 1 unspecified atom stereocenters. The van der Waals surface area contributed by atoms with Gasteiger partial charge in [-0.05, 0) is 38.0 Å². The van der Waals surface area contributed by atoms with Crippen LogP contribution in [0.15, 0.2) is 0 Å². The van der Waals surface area contributed by atoms with Gasteiger partial charge in [-0.3, -0.25) is 4.79 Å². The molecule has 3 aliphatic carbocycles. The number of carboxylic acids is 1. The summed E-state index contributed by atoms with van der Waals surface area (Å²) in [5, 5.41) is 9.17. The molecular formula is C10H16O3. The third kappa shape index (κ3) is 1.26. The van der Waals surface area contributed by atoms with Crippen molar-refractivity contribution in [3.05, 3.63) is 0 Å². The average Bonchev–Trinajstić information content (AvgIpc) is 2.19. The minimum Gasteiger partial charge on any atom is -0.481 e. The van der Waals surface area contributed by atoms with Gasteiger partial charge >= 0.3 is 5.97 Å². The van der Waals surface area contributed by atoms with E-state index in [9.17, 15) is 9.90 Å². The van der Waals surface area contributed by atoms with Crippen molar-refractivity contribution in [2.45, 2.75) is 38.2 Å². The number of fused-ring (bicyclic) bond motifs is 3. The molecule has 0 aromatic carbocycles. The van der Waals surface area contributed by atoms with Crippen LogP contribution < -0.4 is 0 Å². The topological polar surface area (TPSA) is 46.5 Å². The number of ether oxygens (including phenoxy) is 1. The van der Waals surface area contributed by atoms with Crippen molar-refractivity contribution >= 4 is 5.97 Å². The molecule has 3 aliphatic rings. The molecule has 0 aromatic heterocycles. The second-order valence-corrected chi connectivity index (χ2v) is 4.40. The normalized spacial score (nSPS) is 43.5. The molecule has 13 heavy (non-hydrogen) atoms. The van der Waals surface area contributed by atoms with E-state index in [-0.39, 0.29) is 6.10 Å². The van der Waals surface area contributed by atoms with E-state index in [0.717, 1.165) is 32.1 Å². The Kier molecular flexibility index (Phi) is 2.06. The van der Waals surface area contributed by atoms with Gasteiger partial charge in [0.1, 0.15) is 0 Å². The van der Waals surface area contributed by atoms with Gasteiger partial charge in [-0.25, -0.2) is 0 Å². The number of rotatable bonds is 2. The number of hydrogen-bond donors (Lipinski definition) is 1. The molecule has 3 saturated carbocycles. The Bertz CT molecular complexity index is 216. The van der Waals surface area contributed by atoms with Crippen LogP contribution in [-0.2, 0) is 9.53 Å². The molecule has 0 amide bonds. The number of hydrogen-bond acceptors (Lipinski definition) is 2. The van der Waals surface area contributed by atoms with Crippen LogP contribution in [0.1, 0.15) is 32.1 Å². The van der Waals surface area contributed by atoms with Gasteiger partial charge in [0.05, 0.1) is 11.5 Å². The van der Waals surface area contributed by atoms with Crippen molar-refractivity contribution in [3.63, 3.8) is 0 Å². The summed E-state index contributed by atoms with van der Waals surface area (Å²) in [5.41, 5.74) is -0.449. The fraction of sp³-hybridized carbons (Fsp3) is 0.900. The lowest BCUT2D eigenvalue weighted by atomic mass is 9.59. The van der Waals surface area contributed by atoms with Gasteiger partial charge in [0.2, 0.25) is 0 Å². The zero-order valence-electron chi connectivity index (χ0n) is 7.95. The molecule has 0 aliphatic heterocycles. The first-order valence-electron chi connectivity index (χ1n) is 4.94. The van der Waals surface area contributed by atoms with E-state index >= 15 is 0 Å². The van der Waals surface area contributed by atoms with Crippen molar-refractivity contribution in [1.29, 1.82) is 0 Å². The van der Waals surface area contributed by atoms with E-state index in [0.29, 0.717) is 5.92 Å². The zero-order valence-corrected chi connectivity index (χ0v) is 7.95. The smallest absolute Gasteiger partial charge is 0.309 e. The van der Waals surface area contributed by atoms with Gasteiger partial charge < -0.3 is 9.84 Å². The lowest BCUT2D eigenvalue weighted by molar-refractivity contribution is -0.163. The van der Waals surface area contributed by atoms with Crippen LogP contribution in [0.5, 0.6) is 0 Å². The Labute approximate surface area is 78.1 Å². The maximum atomic E-state index is 11.1. The highest BCUT2D eigenvalue weighted by Crippen LogP contribution is 2.51. The first kappa shape index (κ1) is 9.00. The second kappa shape index (κ2) is 2.98. The van der Waals surface area contributed by atoms with Gasteiger partial charge in [-0.1, -0.05) is 0 Å². The highest BCUT2D eigenvalue weighted by molar-refractivity contribution is 5.75. The highest BCUT2D eigenvalue weighted by Gasteiger charge is 2.50. The zero-order chi connectivity index (χ0) is 9.47. The Morgan fingerprint density at radius 3 is 2.54 bits per heavy atom. The summed E-state index contributed by atoms with van der Waals surface area (Å²) in [6, 6.07) is 0. The predicted molar refractivity (Wildman–Crippen MR) is 47.4 cm³/mol. The van der Waals surface area contributed by atoms with Gasteiger partial charge in [0.15, 0.2) is 0 Å². The molecular weight excluding hydrogens is 168 g/mol. The molecule has 3 rings (SSSR count). The molecule has 3 heteroatoms. The molecule has 3 nitrogen and oxygen atoms in total. The van der Waals surface area contributed by atoms with E-state index in [1.807, 2.05) is 0 Å². The van der Waals surface area contributed by atoms with Crippen molar-refractivity contribution in [2.24, 2.45) is 11.3 Å². The van der Waals surface area contributed by atoms with Crippen LogP contribution in [0.2, 0.25) is 0 Å². The average molecular weight is 184 g/mol. The molecule has 1 N–H and O–H groups in total. The highest BCUT2D eigenvalue weighted by atomic mass is 16.5. The number of carbonyl (C=O) groups is 1. The van der Waals surface area contributed by atoms with E-state index in [1.54, 1.807) is 7.11 Å². The summed E-state index contributed by atoms with van der Waals surface area (Å²) in [6.45, 7) is 0. The van der Waals surface area contributed by atoms with Crippen LogP contribution in [0.3, 0.4) is 0 Å². The van der Waals surface area contributed by atoms with Gasteiger partial charge in [0, 0.05) is 7.11 Å². The quantitative estimate of drug-likeness (QED) is 0.710. The van der Waals surface area contributed by atoms with E-state index < -0.39 is 11.4 Å². The lowest BCUT2D eigenvalue weighted by Crippen LogP contribution is -2.48. The molecule has 0 heterocycles. The van der Waals surface area contributed by atoms with E-state index in [2.05, 4.69) is 0 Å². The van der Waals surface area contributed by atoms with Gasteiger partial charge in [0.25, 0.3) is 0 Å². The summed E-state index contributed by atoms with van der Waals surface area (Å²) in [6.07, 6.45) is 4.69. The standard InChI is InChI=1S/C10H16O3/c1-13-8-6-10(9(11)12)4-2-7(8)3-5-10/h7-8H,2-6H2,1H3,(H,11,12). The third-order valence-electron chi connectivity index (χ3n) is 3.86. The van der Waals surface area contributed by atoms with Crippen LogP contribution >= 0.6 is 0 Å². The van der Waals surface area contributed by atoms with Crippen molar-refractivity contribution in [3.8, 4) is 0 Å². The van der Waals surface area contributed by atoms with Gasteiger partial charge in [-0.2, -0.15) is 0 Å². The van der Waals surface area contributed by atoms with E-state index in [4.69, 9.17) is 4.74 Å². The van der Waals surface area contributed by atoms with Crippen LogP contribution in [-0.4, -0.2) is 24.3 Å². The molecule has 0 aromatic rings. The molecule has 2 bridgehead atoms. The maximum Gasteiger partial charge on any atom is 0.309 e. The fourth-order valence-electron chi connectivity index (χ4n) is 2.90. The van der Waals surface area contributed by atoms with Crippen LogP contribution in [0.25, 0.3) is 0 Å². The van der Waals surface area contributed by atoms with Crippen molar-refractivity contribution in [1.82, 2.24) is 0 Å². The van der Waals surface area contributed by atoms with E-state index in [1.165, 1.54) is 0 Å². The Balaban J connectivity index is 2.18. The Hall–Kier alpha value is -0.570. The molecule has 1 atom stereocenters. The van der Waals surface area contributed by atoms with Crippen LogP contribution in [0.4, 0.5) is 0 Å². The number of aliphatic carboxylic acids is 1. The molecule has 74 valence electrons. The number of carboxylic acid groups (broad SMARTS) is 1. The first-order chi connectivity index (χ1) is 6.18. The summed E-state index contributed by atoms with van der Waals surface area (Å²) in [7, 11) is 1.70. The molecule has 0 spiro atoms. The minimum absolute atomic E-state index is 0.193. The SMILES string of the molecule is COC1CC2(C(=O)O)CCC1CC2. The summed E-state index contributed by atoms with van der Waals surface area (Å²) in [4.78, 5) is 11.1. The largest absolute Gasteiger partial charge is 0.481 e. The first-order valence-corrected chi connectivity index (χ1v) is 4.94.